The topological polar surface area (TPSA) is 29.0 Å². The molecule has 0 atom stereocenters. The van der Waals surface area contributed by atoms with Gasteiger partial charge in [-0.3, -0.25) is 0 Å². The molecule has 2 aliphatic carbocycles. The molecule has 9 aromatic rings. The van der Waals surface area contributed by atoms with E-state index < -0.39 is 5.41 Å². The molecule has 0 saturated carbocycles. The van der Waals surface area contributed by atoms with Crippen molar-refractivity contribution >= 4 is 28.1 Å². The Morgan fingerprint density at radius 1 is 0.315 bits per heavy atom. The first-order valence-electron chi connectivity index (χ1n) is 18.5. The predicted octanol–water partition coefficient (Wildman–Crippen LogP) is 12.8. The molecule has 0 saturated heterocycles. The predicted molar refractivity (Wildman–Crippen MR) is 221 cm³/mol. The van der Waals surface area contributed by atoms with Crippen LogP contribution in [0.4, 0.5) is 17.1 Å². The molecule has 3 nitrogen and oxygen atoms in total. The molecule has 3 heteroatoms. The van der Waals surface area contributed by atoms with E-state index in [1.54, 1.807) is 0 Å². The zero-order chi connectivity index (χ0) is 35.6. The monoisotopic (exact) mass is 687 g/mol. The Labute approximate surface area is 314 Å². The lowest BCUT2D eigenvalue weighted by Gasteiger charge is -2.30. The molecule has 8 aromatic carbocycles. The minimum Gasteiger partial charge on any atom is -0.311 e. The molecule has 0 bridgehead atoms. The lowest BCUT2D eigenvalue weighted by molar-refractivity contribution is 0.794. The zero-order valence-electron chi connectivity index (χ0n) is 29.4. The minimum atomic E-state index is -0.431. The van der Waals surface area contributed by atoms with Crippen LogP contribution in [-0.4, -0.2) is 9.97 Å². The maximum absolute atomic E-state index is 5.38. The summed E-state index contributed by atoms with van der Waals surface area (Å²) in [7, 11) is 0. The Kier molecular flexibility index (Phi) is 6.77. The van der Waals surface area contributed by atoms with Gasteiger partial charge in [0.05, 0.1) is 27.8 Å². The summed E-state index contributed by atoms with van der Waals surface area (Å²) in [6.45, 7) is 0. The van der Waals surface area contributed by atoms with Gasteiger partial charge in [-0.25, -0.2) is 9.97 Å². The van der Waals surface area contributed by atoms with E-state index in [1.807, 2.05) is 12.1 Å². The van der Waals surface area contributed by atoms with Crippen LogP contribution in [0.1, 0.15) is 22.3 Å². The summed E-state index contributed by atoms with van der Waals surface area (Å²) in [4.78, 5) is 13.0. The lowest BCUT2D eigenvalue weighted by atomic mass is 9.70. The number of benzene rings is 8. The van der Waals surface area contributed by atoms with Crippen LogP contribution in [0.25, 0.3) is 55.8 Å². The third-order valence-electron chi connectivity index (χ3n) is 11.3. The number of anilines is 3. The van der Waals surface area contributed by atoms with Crippen molar-refractivity contribution in [2.24, 2.45) is 0 Å². The largest absolute Gasteiger partial charge is 0.311 e. The number of rotatable bonds is 5. The molecule has 2 aliphatic rings. The number of aromatic nitrogens is 2. The fourth-order valence-corrected chi connectivity index (χ4v) is 9.01. The molecule has 252 valence electrons. The van der Waals surface area contributed by atoms with E-state index in [2.05, 4.69) is 193 Å². The van der Waals surface area contributed by atoms with Gasteiger partial charge < -0.3 is 4.90 Å². The van der Waals surface area contributed by atoms with Crippen molar-refractivity contribution < 1.29 is 0 Å². The highest BCUT2D eigenvalue weighted by Gasteiger charge is 2.51. The Balaban J connectivity index is 1.11. The molecule has 1 spiro atoms. The van der Waals surface area contributed by atoms with E-state index in [1.165, 1.54) is 44.5 Å². The molecular formula is C51H33N3. The molecule has 11 rings (SSSR count). The van der Waals surface area contributed by atoms with E-state index in [0.29, 0.717) is 0 Å². The molecule has 0 aliphatic heterocycles. The van der Waals surface area contributed by atoms with Crippen LogP contribution in [0.3, 0.4) is 0 Å². The Hall–Kier alpha value is -7.10. The lowest BCUT2D eigenvalue weighted by Crippen LogP contribution is -2.25. The van der Waals surface area contributed by atoms with Gasteiger partial charge >= 0.3 is 0 Å². The van der Waals surface area contributed by atoms with Gasteiger partial charge in [0.1, 0.15) is 0 Å². The summed E-state index contributed by atoms with van der Waals surface area (Å²) in [5.74, 6) is 0. The highest BCUT2D eigenvalue weighted by atomic mass is 15.1. The van der Waals surface area contributed by atoms with Crippen LogP contribution in [-0.2, 0) is 5.41 Å². The smallest absolute Gasteiger partial charge is 0.0973 e. The third-order valence-corrected chi connectivity index (χ3v) is 11.3. The van der Waals surface area contributed by atoms with Crippen LogP contribution in [0, 0.1) is 0 Å². The van der Waals surface area contributed by atoms with Crippen molar-refractivity contribution in [1.29, 1.82) is 0 Å². The SMILES string of the molecule is c1ccc(N(c2ccccc2)c2ccc(-c3nc4ccccc4nc3-c3ccc4c(c3)C3(c5ccccc5-c5ccccc53)c3ccccc3-4)cc2)cc1. The standard InChI is InChI=1S/C51H33N3/c1-3-15-36(16-4-1)54(37-17-5-2-6-18-37)38-30-27-34(28-31-38)49-50(53-48-26-14-13-25-47(48)52-49)35-29-32-42-41-21-9-12-24-45(41)51(46(42)33-35)43-22-10-7-19-39(43)40-20-8-11-23-44(40)51/h1-33H. The zero-order valence-corrected chi connectivity index (χ0v) is 29.4. The highest BCUT2D eigenvalue weighted by molar-refractivity contribution is 5.97. The fraction of sp³-hybridized carbons (Fsp3) is 0.0196. The molecule has 0 unspecified atom stereocenters. The van der Waals surface area contributed by atoms with Crippen LogP contribution in [0.2, 0.25) is 0 Å². The van der Waals surface area contributed by atoms with Gasteiger partial charge in [0.2, 0.25) is 0 Å². The molecule has 1 aromatic heterocycles. The van der Waals surface area contributed by atoms with Crippen LogP contribution < -0.4 is 4.90 Å². The third kappa shape index (κ3) is 4.42. The number of hydrogen-bond donors (Lipinski definition) is 0. The first kappa shape index (κ1) is 30.5. The number of nitrogens with zero attached hydrogens (tertiary/aromatic N) is 3. The summed E-state index contributed by atoms with van der Waals surface area (Å²) in [5.41, 5.74) is 18.8. The molecule has 54 heavy (non-hydrogen) atoms. The molecule has 0 amide bonds. The van der Waals surface area contributed by atoms with Gasteiger partial charge in [0.15, 0.2) is 0 Å². The first-order valence-corrected chi connectivity index (χ1v) is 18.5. The minimum absolute atomic E-state index is 0.431. The molecule has 0 N–H and O–H groups in total. The Morgan fingerprint density at radius 2 is 0.704 bits per heavy atom. The van der Waals surface area contributed by atoms with Gasteiger partial charge in [-0.2, -0.15) is 0 Å². The average Bonchev–Trinajstić information content (AvgIpc) is 3.71. The average molecular weight is 688 g/mol. The quantitative estimate of drug-likeness (QED) is 0.180. The van der Waals surface area contributed by atoms with E-state index >= 15 is 0 Å². The Morgan fingerprint density at radius 3 is 1.22 bits per heavy atom. The summed E-state index contributed by atoms with van der Waals surface area (Å²) in [6.07, 6.45) is 0. The molecule has 0 radical (unpaired) electrons. The summed E-state index contributed by atoms with van der Waals surface area (Å²) in [5, 5.41) is 0. The Bertz CT molecular complexity index is 2780. The van der Waals surface area contributed by atoms with E-state index in [4.69, 9.17) is 9.97 Å². The van der Waals surface area contributed by atoms with Crippen molar-refractivity contribution in [3.63, 3.8) is 0 Å². The normalized spacial score (nSPS) is 13.0. The van der Waals surface area contributed by atoms with Gasteiger partial charge in [-0.05, 0) is 99.1 Å². The number of hydrogen-bond acceptors (Lipinski definition) is 3. The number of fused-ring (bicyclic) bond motifs is 11. The fourth-order valence-electron chi connectivity index (χ4n) is 9.01. The summed E-state index contributed by atoms with van der Waals surface area (Å²) in [6, 6.07) is 71.8. The number of para-hydroxylation sites is 4. The maximum atomic E-state index is 5.38. The van der Waals surface area contributed by atoms with E-state index in [9.17, 15) is 0 Å². The molecule has 1 heterocycles. The molecular weight excluding hydrogens is 655 g/mol. The second-order valence-corrected chi connectivity index (χ2v) is 14.1. The first-order chi connectivity index (χ1) is 26.8. The van der Waals surface area contributed by atoms with E-state index in [0.717, 1.165) is 50.6 Å². The van der Waals surface area contributed by atoms with Gasteiger partial charge in [0.25, 0.3) is 0 Å². The second-order valence-electron chi connectivity index (χ2n) is 14.1. The summed E-state index contributed by atoms with van der Waals surface area (Å²) >= 11 is 0. The van der Waals surface area contributed by atoms with Crippen molar-refractivity contribution in [1.82, 2.24) is 9.97 Å². The van der Waals surface area contributed by atoms with Crippen LogP contribution in [0.5, 0.6) is 0 Å². The van der Waals surface area contributed by atoms with Crippen molar-refractivity contribution in [3.8, 4) is 44.8 Å². The van der Waals surface area contributed by atoms with Crippen molar-refractivity contribution in [2.45, 2.75) is 5.41 Å². The second kappa shape index (κ2) is 12.0. The summed E-state index contributed by atoms with van der Waals surface area (Å²) < 4.78 is 0. The molecule has 0 fully saturated rings. The van der Waals surface area contributed by atoms with Gasteiger partial charge in [-0.1, -0.05) is 146 Å². The van der Waals surface area contributed by atoms with Gasteiger partial charge in [0, 0.05) is 28.2 Å². The van der Waals surface area contributed by atoms with Crippen molar-refractivity contribution in [2.75, 3.05) is 4.90 Å². The highest BCUT2D eigenvalue weighted by Crippen LogP contribution is 2.63. The van der Waals surface area contributed by atoms with Crippen LogP contribution in [0.15, 0.2) is 200 Å². The maximum Gasteiger partial charge on any atom is 0.0973 e. The van der Waals surface area contributed by atoms with E-state index in [-0.39, 0.29) is 0 Å². The van der Waals surface area contributed by atoms with Gasteiger partial charge in [-0.15, -0.1) is 0 Å². The van der Waals surface area contributed by atoms with Crippen LogP contribution >= 0.6 is 0 Å². The van der Waals surface area contributed by atoms with Crippen molar-refractivity contribution in [3.05, 3.63) is 222 Å².